The number of hydrogen-bond donors (Lipinski definition) is 3. The van der Waals surface area contributed by atoms with Gasteiger partial charge in [0.05, 0.1) is 56.1 Å². The molecule has 260 valence electrons. The van der Waals surface area contributed by atoms with Crippen molar-refractivity contribution in [1.82, 2.24) is 0 Å². The van der Waals surface area contributed by atoms with Gasteiger partial charge in [-0.15, -0.1) is 0 Å². The Kier molecular flexibility index (Phi) is 12.5. The summed E-state index contributed by atoms with van der Waals surface area (Å²) in [6, 6.07) is 0. The summed E-state index contributed by atoms with van der Waals surface area (Å²) in [5, 5.41) is 34.0. The monoisotopic (exact) mass is 652 g/mol. The number of hydrogen-bond acceptors (Lipinski definition) is 12. The molecule has 0 spiro atoms. The summed E-state index contributed by atoms with van der Waals surface area (Å²) >= 11 is 0. The van der Waals surface area contributed by atoms with Gasteiger partial charge in [0.1, 0.15) is 6.10 Å². The van der Waals surface area contributed by atoms with Crippen LogP contribution in [0.1, 0.15) is 85.5 Å². The quantitative estimate of drug-likeness (QED) is 0.232. The third-order valence-electron chi connectivity index (χ3n) is 9.24. The Morgan fingerprint density at radius 2 is 1.76 bits per heavy atom. The first-order valence-electron chi connectivity index (χ1n) is 16.4. The smallest absolute Gasteiger partial charge is 0.330 e. The SMILES string of the molecule is C=C1C[C@H](O)C[C@@H]2CCC[C@H](C[C@@H]3CCO[C@H](/C=C/C(C)(C)[C@]4(O)OC(C/C(=C\C(=O)OC)[C@@H]4OC(C)=O)CC([C@@H](C)O)O1)O3)O2. The summed E-state index contributed by atoms with van der Waals surface area (Å²) < 4.78 is 41.5. The number of aliphatic hydroxyl groups is 3. The van der Waals surface area contributed by atoms with Crippen LogP contribution in [0.25, 0.3) is 0 Å². The van der Waals surface area contributed by atoms with Crippen molar-refractivity contribution < 1.29 is 58.1 Å². The highest BCUT2D eigenvalue weighted by atomic mass is 16.7. The fraction of sp³-hybridized carbons (Fsp3) is 0.765. The van der Waals surface area contributed by atoms with E-state index in [9.17, 15) is 24.9 Å². The van der Waals surface area contributed by atoms with E-state index in [4.69, 9.17) is 33.2 Å². The van der Waals surface area contributed by atoms with E-state index in [1.54, 1.807) is 32.9 Å². The van der Waals surface area contributed by atoms with Crippen LogP contribution in [-0.2, 0) is 42.7 Å². The number of esters is 2. The lowest BCUT2D eigenvalue weighted by Gasteiger charge is -2.51. The van der Waals surface area contributed by atoms with Crippen LogP contribution >= 0.6 is 0 Å². The normalized spacial score (nSPS) is 39.7. The van der Waals surface area contributed by atoms with Crippen LogP contribution in [-0.4, -0.2) is 102 Å². The number of carbonyl (C=O) groups excluding carboxylic acids is 2. The Hall–Kier alpha value is -2.32. The standard InChI is InChI=1S/C34H52O12/c1-20-14-24(37)17-25-8-7-9-26(44-25)18-27-11-13-41-31(45-27)10-12-33(4,5)34(39)32(43-22(3)36)23(16-30(38)40-6)15-28(46-34)19-29(42-20)21(2)35/h10,12,16,21,24-29,31-32,35,37,39H,1,7-9,11,13-15,17-19H2,2-6H3/b12-10+,23-16+/t21-,24+,25+,26-,27+,28?,29?,31+,32+,34-/m1/s1. The zero-order valence-electron chi connectivity index (χ0n) is 27.7. The number of ether oxygens (including phenoxy) is 7. The predicted octanol–water partition coefficient (Wildman–Crippen LogP) is 3.36. The van der Waals surface area contributed by atoms with Crippen LogP contribution in [0, 0.1) is 5.41 Å². The highest BCUT2D eigenvalue weighted by molar-refractivity contribution is 5.83. The number of rotatable bonds is 3. The van der Waals surface area contributed by atoms with Gasteiger partial charge in [-0.1, -0.05) is 26.5 Å². The van der Waals surface area contributed by atoms with Gasteiger partial charge in [0.25, 0.3) is 0 Å². The Bertz CT molecular complexity index is 1130. The molecule has 0 aromatic rings. The van der Waals surface area contributed by atoms with E-state index >= 15 is 0 Å². The zero-order chi connectivity index (χ0) is 33.6. The van der Waals surface area contributed by atoms with Gasteiger partial charge in [-0.25, -0.2) is 4.79 Å². The van der Waals surface area contributed by atoms with Crippen molar-refractivity contribution in [2.24, 2.45) is 5.41 Å². The predicted molar refractivity (Wildman–Crippen MR) is 165 cm³/mol. The van der Waals surface area contributed by atoms with Crippen LogP contribution in [0.3, 0.4) is 0 Å². The van der Waals surface area contributed by atoms with Gasteiger partial charge in [-0.3, -0.25) is 4.79 Å². The van der Waals surface area contributed by atoms with Crippen molar-refractivity contribution in [3.8, 4) is 0 Å². The van der Waals surface area contributed by atoms with Gasteiger partial charge in [0.2, 0.25) is 5.79 Å². The molecular weight excluding hydrogens is 600 g/mol. The maximum Gasteiger partial charge on any atom is 0.330 e. The van der Waals surface area contributed by atoms with Crippen LogP contribution in [0.15, 0.2) is 36.1 Å². The van der Waals surface area contributed by atoms with E-state index in [2.05, 4.69) is 6.58 Å². The Morgan fingerprint density at radius 1 is 1.07 bits per heavy atom. The van der Waals surface area contributed by atoms with Gasteiger partial charge in [0.15, 0.2) is 12.4 Å². The number of aliphatic hydroxyl groups excluding tert-OH is 2. The fourth-order valence-electron chi connectivity index (χ4n) is 6.73. The van der Waals surface area contributed by atoms with Crippen LogP contribution < -0.4 is 0 Å². The first-order valence-corrected chi connectivity index (χ1v) is 16.4. The third kappa shape index (κ3) is 9.40. The lowest BCUT2D eigenvalue weighted by Crippen LogP contribution is -2.62. The van der Waals surface area contributed by atoms with E-state index < -0.39 is 60.0 Å². The Balaban J connectivity index is 1.72. The largest absolute Gasteiger partial charge is 0.493 e. The summed E-state index contributed by atoms with van der Waals surface area (Å²) in [5.41, 5.74) is -0.962. The Labute approximate surface area is 271 Å². The zero-order valence-corrected chi connectivity index (χ0v) is 27.7. The van der Waals surface area contributed by atoms with Crippen LogP contribution in [0.5, 0.6) is 0 Å². The van der Waals surface area contributed by atoms with E-state index in [0.717, 1.165) is 19.3 Å². The second-order valence-electron chi connectivity index (χ2n) is 13.6. The van der Waals surface area contributed by atoms with Crippen molar-refractivity contribution >= 4 is 11.9 Å². The summed E-state index contributed by atoms with van der Waals surface area (Å²) in [7, 11) is 1.23. The van der Waals surface area contributed by atoms with Crippen molar-refractivity contribution in [3.05, 3.63) is 36.1 Å². The Morgan fingerprint density at radius 3 is 2.43 bits per heavy atom. The molecule has 12 nitrogen and oxygen atoms in total. The second kappa shape index (κ2) is 15.7. The van der Waals surface area contributed by atoms with E-state index in [1.165, 1.54) is 20.1 Å². The topological polar surface area (TPSA) is 159 Å². The van der Waals surface area contributed by atoms with Gasteiger partial charge < -0.3 is 48.5 Å². The minimum absolute atomic E-state index is 0.0161. The van der Waals surface area contributed by atoms with Crippen molar-refractivity contribution in [2.75, 3.05) is 13.7 Å². The summed E-state index contributed by atoms with van der Waals surface area (Å²) in [6.07, 6.45) is 3.74. The molecule has 0 radical (unpaired) electrons. The first kappa shape index (κ1) is 36.5. The molecule has 0 saturated carbocycles. The maximum atomic E-state index is 12.5. The van der Waals surface area contributed by atoms with Gasteiger partial charge >= 0.3 is 11.9 Å². The van der Waals surface area contributed by atoms with Gasteiger partial charge in [0, 0.05) is 31.3 Å². The molecule has 0 aromatic heterocycles. The molecule has 3 fully saturated rings. The minimum Gasteiger partial charge on any atom is -0.493 e. The van der Waals surface area contributed by atoms with E-state index in [0.29, 0.717) is 31.6 Å². The van der Waals surface area contributed by atoms with Crippen LogP contribution in [0.4, 0.5) is 0 Å². The third-order valence-corrected chi connectivity index (χ3v) is 9.24. The molecule has 4 heterocycles. The summed E-state index contributed by atoms with van der Waals surface area (Å²) in [6.45, 7) is 10.7. The molecule has 4 aliphatic rings. The second-order valence-corrected chi connectivity index (χ2v) is 13.6. The molecular formula is C34H52O12. The van der Waals surface area contributed by atoms with Crippen molar-refractivity contribution in [3.63, 3.8) is 0 Å². The molecule has 0 aromatic carbocycles. The molecule has 3 saturated heterocycles. The van der Waals surface area contributed by atoms with E-state index in [1.807, 2.05) is 0 Å². The maximum absolute atomic E-state index is 12.5. The molecule has 2 unspecified atom stereocenters. The molecule has 0 amide bonds. The molecule has 0 aliphatic carbocycles. The summed E-state index contributed by atoms with van der Waals surface area (Å²) in [4.78, 5) is 24.8. The number of carbonyl (C=O) groups is 2. The van der Waals surface area contributed by atoms with Crippen LogP contribution in [0.2, 0.25) is 0 Å². The minimum atomic E-state index is -2.19. The highest BCUT2D eigenvalue weighted by Gasteiger charge is 2.57. The molecule has 10 atom stereocenters. The van der Waals surface area contributed by atoms with Gasteiger partial charge in [-0.05, 0) is 63.5 Å². The average molecular weight is 653 g/mol. The highest BCUT2D eigenvalue weighted by Crippen LogP contribution is 2.47. The molecule has 3 N–H and O–H groups in total. The summed E-state index contributed by atoms with van der Waals surface area (Å²) in [5.74, 6) is -3.27. The molecule has 46 heavy (non-hydrogen) atoms. The number of fused-ring (bicyclic) bond motifs is 6. The molecule has 6 bridgehead atoms. The average Bonchev–Trinajstić information content (AvgIpc) is 2.97. The van der Waals surface area contributed by atoms with Crippen molar-refractivity contribution in [1.29, 1.82) is 0 Å². The molecule has 4 rings (SSSR count). The molecule has 12 heteroatoms. The van der Waals surface area contributed by atoms with Gasteiger partial charge in [-0.2, -0.15) is 0 Å². The lowest BCUT2D eigenvalue weighted by molar-refractivity contribution is -0.327. The number of methoxy groups -OCH3 is 1. The molecule has 4 aliphatic heterocycles. The first-order chi connectivity index (χ1) is 21.7. The lowest BCUT2D eigenvalue weighted by atomic mass is 9.74. The van der Waals surface area contributed by atoms with E-state index in [-0.39, 0.29) is 43.1 Å². The van der Waals surface area contributed by atoms with Crippen molar-refractivity contribution in [2.45, 2.75) is 146 Å². The fourth-order valence-corrected chi connectivity index (χ4v) is 6.73.